The van der Waals surface area contributed by atoms with Gasteiger partial charge in [0.1, 0.15) is 5.75 Å². The summed E-state index contributed by atoms with van der Waals surface area (Å²) in [6.07, 6.45) is 0.542. The molecular weight excluding hydrogens is 248 g/mol. The van der Waals surface area contributed by atoms with Gasteiger partial charge in [0, 0.05) is 18.7 Å². The molecule has 102 valence electrons. The smallest absolute Gasteiger partial charge is 0.115 e. The van der Waals surface area contributed by atoms with Gasteiger partial charge >= 0.3 is 0 Å². The van der Waals surface area contributed by atoms with Crippen molar-refractivity contribution in [3.05, 3.63) is 59.7 Å². The van der Waals surface area contributed by atoms with Crippen LogP contribution in [0.5, 0.6) is 5.75 Å². The van der Waals surface area contributed by atoms with Crippen molar-refractivity contribution < 1.29 is 5.11 Å². The first-order valence-corrected chi connectivity index (χ1v) is 6.67. The normalized spacial score (nSPS) is 11.6. The highest BCUT2D eigenvalue weighted by Crippen LogP contribution is 2.21. The summed E-state index contributed by atoms with van der Waals surface area (Å²) in [4.78, 5) is 0. The van der Waals surface area contributed by atoms with E-state index in [1.807, 2.05) is 24.3 Å². The van der Waals surface area contributed by atoms with Crippen LogP contribution in [0, 0.1) is 11.3 Å². The van der Waals surface area contributed by atoms with E-state index in [0.29, 0.717) is 13.0 Å². The number of nitrogens with one attached hydrogen (secondary N) is 1. The van der Waals surface area contributed by atoms with E-state index in [4.69, 9.17) is 5.26 Å². The lowest BCUT2D eigenvalue weighted by molar-refractivity contribution is 0.475. The maximum atomic E-state index is 9.22. The molecule has 1 unspecified atom stereocenters. The molecule has 0 saturated carbocycles. The lowest BCUT2D eigenvalue weighted by atomic mass is 9.98. The van der Waals surface area contributed by atoms with E-state index in [-0.39, 0.29) is 11.7 Å². The van der Waals surface area contributed by atoms with Gasteiger partial charge in [-0.2, -0.15) is 5.26 Å². The minimum atomic E-state index is 0.270. The molecule has 2 aromatic rings. The van der Waals surface area contributed by atoms with Crippen LogP contribution in [0.1, 0.15) is 30.4 Å². The van der Waals surface area contributed by atoms with Crippen molar-refractivity contribution in [2.45, 2.75) is 25.8 Å². The van der Waals surface area contributed by atoms with Gasteiger partial charge in [-0.05, 0) is 41.3 Å². The zero-order chi connectivity index (χ0) is 14.4. The minimum Gasteiger partial charge on any atom is -0.508 e. The van der Waals surface area contributed by atoms with Gasteiger partial charge in [-0.15, -0.1) is 0 Å². The van der Waals surface area contributed by atoms with Gasteiger partial charge in [0.15, 0.2) is 0 Å². The second-order valence-corrected chi connectivity index (χ2v) is 4.91. The van der Waals surface area contributed by atoms with E-state index in [9.17, 15) is 5.11 Å². The predicted molar refractivity (Wildman–Crippen MR) is 80.5 cm³/mol. The molecule has 0 aromatic heterocycles. The second kappa shape index (κ2) is 6.63. The number of hydrogen-bond donors (Lipinski definition) is 2. The van der Waals surface area contributed by atoms with Gasteiger partial charge in [-0.25, -0.2) is 0 Å². The number of phenols is 1. The number of rotatable bonds is 5. The van der Waals surface area contributed by atoms with Crippen molar-refractivity contribution >= 4 is 5.69 Å². The van der Waals surface area contributed by atoms with Crippen LogP contribution in [-0.2, 0) is 6.54 Å². The van der Waals surface area contributed by atoms with Crippen molar-refractivity contribution in [3.63, 3.8) is 0 Å². The first-order chi connectivity index (χ1) is 9.69. The number of aromatic hydroxyl groups is 1. The fraction of sp³-hybridized carbons (Fsp3) is 0.235. The Kier molecular flexibility index (Phi) is 4.62. The monoisotopic (exact) mass is 266 g/mol. The first-order valence-electron chi connectivity index (χ1n) is 6.67. The van der Waals surface area contributed by atoms with Gasteiger partial charge in [0.2, 0.25) is 0 Å². The van der Waals surface area contributed by atoms with Gasteiger partial charge in [-0.3, -0.25) is 0 Å². The molecule has 0 amide bonds. The summed E-state index contributed by atoms with van der Waals surface area (Å²) in [5.74, 6) is 0.552. The molecule has 0 bridgehead atoms. The second-order valence-electron chi connectivity index (χ2n) is 4.91. The Bertz CT molecular complexity index is 582. The molecule has 0 saturated heterocycles. The molecule has 0 fully saturated rings. The van der Waals surface area contributed by atoms with Crippen molar-refractivity contribution in [2.24, 2.45) is 0 Å². The van der Waals surface area contributed by atoms with E-state index >= 15 is 0 Å². The molecule has 0 radical (unpaired) electrons. The quantitative estimate of drug-likeness (QED) is 0.859. The zero-order valence-electron chi connectivity index (χ0n) is 11.5. The molecule has 3 heteroatoms. The lowest BCUT2D eigenvalue weighted by Crippen LogP contribution is -1.99. The molecule has 1 atom stereocenters. The van der Waals surface area contributed by atoms with Gasteiger partial charge in [0.05, 0.1) is 6.07 Å². The van der Waals surface area contributed by atoms with E-state index in [1.54, 1.807) is 12.1 Å². The summed E-state index contributed by atoms with van der Waals surface area (Å²) in [7, 11) is 0. The summed E-state index contributed by atoms with van der Waals surface area (Å²) in [6.45, 7) is 2.77. The molecule has 0 aliphatic rings. The minimum absolute atomic E-state index is 0.270. The Morgan fingerprint density at radius 1 is 1.10 bits per heavy atom. The van der Waals surface area contributed by atoms with Crippen LogP contribution < -0.4 is 5.32 Å². The van der Waals surface area contributed by atoms with Crippen molar-refractivity contribution in [1.82, 2.24) is 0 Å². The summed E-state index contributed by atoms with van der Waals surface area (Å²) in [6, 6.07) is 17.5. The fourth-order valence-corrected chi connectivity index (χ4v) is 2.00. The van der Waals surface area contributed by atoms with E-state index < -0.39 is 0 Å². The van der Waals surface area contributed by atoms with Crippen LogP contribution in [0.25, 0.3) is 0 Å². The van der Waals surface area contributed by atoms with Crippen molar-refractivity contribution in [3.8, 4) is 11.8 Å². The van der Waals surface area contributed by atoms with Crippen LogP contribution in [0.15, 0.2) is 48.5 Å². The first kappa shape index (κ1) is 14.0. The Morgan fingerprint density at radius 3 is 2.35 bits per heavy atom. The number of hydrogen-bond acceptors (Lipinski definition) is 3. The molecule has 2 N–H and O–H groups in total. The number of benzene rings is 2. The molecule has 0 spiro atoms. The Labute approximate surface area is 119 Å². The summed E-state index contributed by atoms with van der Waals surface area (Å²) >= 11 is 0. The van der Waals surface area contributed by atoms with Gasteiger partial charge in [-0.1, -0.05) is 31.2 Å². The maximum Gasteiger partial charge on any atom is 0.115 e. The molecule has 0 aliphatic heterocycles. The fourth-order valence-electron chi connectivity index (χ4n) is 2.00. The largest absolute Gasteiger partial charge is 0.508 e. The van der Waals surface area contributed by atoms with Crippen LogP contribution in [0.4, 0.5) is 5.69 Å². The molecule has 0 heterocycles. The topological polar surface area (TPSA) is 56.0 Å². The Hall–Kier alpha value is -2.47. The lowest BCUT2D eigenvalue weighted by Gasteiger charge is -2.10. The van der Waals surface area contributed by atoms with Gasteiger partial charge in [0.25, 0.3) is 0 Å². The summed E-state index contributed by atoms with van der Waals surface area (Å²) in [5.41, 5.74) is 3.34. The third-order valence-electron chi connectivity index (χ3n) is 3.31. The molecule has 2 rings (SSSR count). The summed E-state index contributed by atoms with van der Waals surface area (Å²) in [5, 5.41) is 21.3. The Balaban J connectivity index is 1.94. The summed E-state index contributed by atoms with van der Waals surface area (Å²) < 4.78 is 0. The predicted octanol–water partition coefficient (Wildman–Crippen LogP) is 4.02. The third kappa shape index (κ3) is 3.76. The van der Waals surface area contributed by atoms with E-state index in [0.717, 1.165) is 11.3 Å². The highest BCUT2D eigenvalue weighted by atomic mass is 16.3. The zero-order valence-corrected chi connectivity index (χ0v) is 11.5. The average Bonchev–Trinajstić information content (AvgIpc) is 2.47. The average molecular weight is 266 g/mol. The number of anilines is 1. The SMILES string of the molecule is CC(CC#N)c1ccc(NCc2ccc(O)cc2)cc1. The standard InChI is InChI=1S/C17H18N2O/c1-13(10-11-18)15-4-6-16(7-5-15)19-12-14-2-8-17(20)9-3-14/h2-9,13,19-20H,10,12H2,1H3. The number of phenolic OH excluding ortho intramolecular Hbond substituents is 1. The van der Waals surface area contributed by atoms with E-state index in [2.05, 4.69) is 30.4 Å². The van der Waals surface area contributed by atoms with Gasteiger partial charge < -0.3 is 10.4 Å². The van der Waals surface area contributed by atoms with Crippen LogP contribution >= 0.6 is 0 Å². The molecular formula is C17H18N2O. The van der Waals surface area contributed by atoms with Crippen molar-refractivity contribution in [2.75, 3.05) is 5.32 Å². The van der Waals surface area contributed by atoms with Crippen molar-refractivity contribution in [1.29, 1.82) is 5.26 Å². The third-order valence-corrected chi connectivity index (χ3v) is 3.31. The highest BCUT2D eigenvalue weighted by molar-refractivity contribution is 5.46. The number of nitriles is 1. The van der Waals surface area contributed by atoms with Crippen LogP contribution in [0.2, 0.25) is 0 Å². The Morgan fingerprint density at radius 2 is 1.75 bits per heavy atom. The molecule has 0 aliphatic carbocycles. The highest BCUT2D eigenvalue weighted by Gasteiger charge is 2.04. The molecule has 3 nitrogen and oxygen atoms in total. The maximum absolute atomic E-state index is 9.22. The molecule has 2 aromatic carbocycles. The molecule has 20 heavy (non-hydrogen) atoms. The number of nitrogens with zero attached hydrogens (tertiary/aromatic N) is 1. The van der Waals surface area contributed by atoms with E-state index in [1.165, 1.54) is 5.56 Å². The van der Waals surface area contributed by atoms with Crippen LogP contribution in [-0.4, -0.2) is 5.11 Å². The van der Waals surface area contributed by atoms with Crippen LogP contribution in [0.3, 0.4) is 0 Å².